The fourth-order valence-electron chi connectivity index (χ4n) is 4.88. The average Bonchev–Trinajstić information content (AvgIpc) is 3.31. The fourth-order valence-corrected chi connectivity index (χ4v) is 5.44. The van der Waals surface area contributed by atoms with Gasteiger partial charge in [-0.3, -0.25) is 0 Å². The summed E-state index contributed by atoms with van der Waals surface area (Å²) in [6.45, 7) is 0.984. The lowest BCUT2D eigenvalue weighted by molar-refractivity contribution is 0.174. The monoisotopic (exact) mass is 426 g/mol. The first-order chi connectivity index (χ1) is 13.2. The molecule has 0 spiro atoms. The minimum atomic E-state index is 0.279. The zero-order valence-electron chi connectivity index (χ0n) is 15.3. The van der Waals surface area contributed by atoms with E-state index in [0.29, 0.717) is 25.2 Å². The van der Waals surface area contributed by atoms with E-state index < -0.39 is 0 Å². The molecule has 0 fully saturated rings. The van der Waals surface area contributed by atoms with Crippen molar-refractivity contribution >= 4 is 21.6 Å². The van der Waals surface area contributed by atoms with E-state index in [-0.39, 0.29) is 6.04 Å². The first kappa shape index (κ1) is 17.1. The van der Waals surface area contributed by atoms with E-state index >= 15 is 0 Å². The van der Waals surface area contributed by atoms with Crippen LogP contribution in [-0.4, -0.2) is 20.4 Å². The highest BCUT2D eigenvalue weighted by Crippen LogP contribution is 2.54. The van der Waals surface area contributed by atoms with Gasteiger partial charge in [0, 0.05) is 23.1 Å². The molecule has 2 aromatic carbocycles. The summed E-state index contributed by atoms with van der Waals surface area (Å²) in [5.41, 5.74) is 11.1. The van der Waals surface area contributed by atoms with Crippen molar-refractivity contribution in [2.75, 3.05) is 25.3 Å². The Morgan fingerprint density at radius 2 is 1.96 bits per heavy atom. The van der Waals surface area contributed by atoms with Crippen molar-refractivity contribution in [2.24, 2.45) is 11.7 Å². The van der Waals surface area contributed by atoms with Crippen molar-refractivity contribution in [3.05, 3.63) is 63.6 Å². The number of rotatable bonds is 3. The van der Waals surface area contributed by atoms with Gasteiger partial charge >= 0.3 is 0 Å². The summed E-state index contributed by atoms with van der Waals surface area (Å²) in [5.74, 6) is 2.61. The summed E-state index contributed by atoms with van der Waals surface area (Å²) in [6, 6.07) is 11.3. The van der Waals surface area contributed by atoms with Crippen LogP contribution in [-0.2, 0) is 6.42 Å². The standard InChI is InChI=1S/C22H23BrN2O2/c1-25-19-6-5-13(7-8-24)9-16(19)14-3-2-4-15(14)22(25)17-10-20-21(11-18(17)23)27-12-26-20/h2-3,5-6,9-11,14-15,22H,4,7-8,12,24H2,1H3. The van der Waals surface area contributed by atoms with Crippen LogP contribution in [0.5, 0.6) is 11.5 Å². The van der Waals surface area contributed by atoms with Gasteiger partial charge in [0.15, 0.2) is 11.5 Å². The van der Waals surface area contributed by atoms with E-state index in [9.17, 15) is 0 Å². The van der Waals surface area contributed by atoms with Crippen molar-refractivity contribution in [3.63, 3.8) is 0 Å². The predicted molar refractivity (Wildman–Crippen MR) is 111 cm³/mol. The molecule has 0 aromatic heterocycles. The molecule has 140 valence electrons. The van der Waals surface area contributed by atoms with Crippen LogP contribution in [0.2, 0.25) is 0 Å². The molecular weight excluding hydrogens is 404 g/mol. The van der Waals surface area contributed by atoms with Gasteiger partial charge in [0.25, 0.3) is 0 Å². The Hall–Kier alpha value is -1.98. The number of nitrogens with two attached hydrogens (primary N) is 1. The van der Waals surface area contributed by atoms with Crippen LogP contribution in [0.3, 0.4) is 0 Å². The lowest BCUT2D eigenvalue weighted by Crippen LogP contribution is -2.37. The molecule has 0 saturated heterocycles. The van der Waals surface area contributed by atoms with Crippen LogP contribution in [0.15, 0.2) is 47.0 Å². The molecule has 0 bridgehead atoms. The molecule has 1 aliphatic carbocycles. The molecule has 27 heavy (non-hydrogen) atoms. The lowest BCUT2D eigenvalue weighted by atomic mass is 9.75. The molecule has 3 atom stereocenters. The zero-order valence-corrected chi connectivity index (χ0v) is 16.9. The second-order valence-electron chi connectivity index (χ2n) is 7.57. The summed E-state index contributed by atoms with van der Waals surface area (Å²) in [4.78, 5) is 2.43. The SMILES string of the molecule is CN1c2ccc(CCN)cc2C2C=CCC2C1c1cc2c(cc1Br)OCO2. The van der Waals surface area contributed by atoms with E-state index in [1.54, 1.807) is 0 Å². The van der Waals surface area contributed by atoms with Crippen LogP contribution in [0.1, 0.15) is 35.1 Å². The van der Waals surface area contributed by atoms with Crippen molar-refractivity contribution in [1.82, 2.24) is 0 Å². The van der Waals surface area contributed by atoms with Crippen LogP contribution in [0, 0.1) is 5.92 Å². The molecule has 3 aliphatic rings. The lowest BCUT2D eigenvalue weighted by Gasteiger charge is -2.44. The maximum atomic E-state index is 5.78. The van der Waals surface area contributed by atoms with Crippen molar-refractivity contribution < 1.29 is 9.47 Å². The maximum Gasteiger partial charge on any atom is 0.231 e. The summed E-state index contributed by atoms with van der Waals surface area (Å²) in [6.07, 6.45) is 6.73. The molecule has 0 amide bonds. The van der Waals surface area contributed by atoms with Gasteiger partial charge in [-0.1, -0.05) is 40.2 Å². The molecule has 3 unspecified atom stereocenters. The third-order valence-electron chi connectivity index (χ3n) is 6.11. The number of fused-ring (bicyclic) bond motifs is 4. The van der Waals surface area contributed by atoms with Gasteiger partial charge in [-0.05, 0) is 60.2 Å². The number of allylic oxidation sites excluding steroid dienone is 2. The van der Waals surface area contributed by atoms with Crippen molar-refractivity contribution in [2.45, 2.75) is 24.8 Å². The summed E-state index contributed by atoms with van der Waals surface area (Å²) in [7, 11) is 2.21. The van der Waals surface area contributed by atoms with Gasteiger partial charge in [-0.2, -0.15) is 0 Å². The number of ether oxygens (including phenoxy) is 2. The highest BCUT2D eigenvalue weighted by molar-refractivity contribution is 9.10. The molecule has 5 rings (SSSR count). The predicted octanol–water partition coefficient (Wildman–Crippen LogP) is 4.53. The number of nitrogens with zero attached hydrogens (tertiary/aromatic N) is 1. The highest BCUT2D eigenvalue weighted by Gasteiger charge is 2.42. The fraction of sp³-hybridized carbons (Fsp3) is 0.364. The van der Waals surface area contributed by atoms with Gasteiger partial charge in [-0.25, -0.2) is 0 Å². The van der Waals surface area contributed by atoms with Gasteiger partial charge < -0.3 is 20.1 Å². The number of benzene rings is 2. The third-order valence-corrected chi connectivity index (χ3v) is 6.80. The molecule has 2 heterocycles. The van der Waals surface area contributed by atoms with E-state index in [1.807, 2.05) is 6.07 Å². The Morgan fingerprint density at radius 1 is 1.15 bits per heavy atom. The molecule has 0 radical (unpaired) electrons. The number of hydrogen-bond donors (Lipinski definition) is 1. The smallest absolute Gasteiger partial charge is 0.231 e. The van der Waals surface area contributed by atoms with Crippen LogP contribution in [0.25, 0.3) is 0 Å². The molecule has 2 aromatic rings. The highest BCUT2D eigenvalue weighted by atomic mass is 79.9. The molecule has 2 aliphatic heterocycles. The van der Waals surface area contributed by atoms with E-state index in [2.05, 4.69) is 64.3 Å². The number of anilines is 1. The second kappa shape index (κ2) is 6.57. The first-order valence-electron chi connectivity index (χ1n) is 9.49. The van der Waals surface area contributed by atoms with Crippen molar-refractivity contribution in [1.29, 1.82) is 0 Å². The largest absolute Gasteiger partial charge is 0.454 e. The minimum Gasteiger partial charge on any atom is -0.454 e. The van der Waals surface area contributed by atoms with Crippen LogP contribution in [0.4, 0.5) is 5.69 Å². The van der Waals surface area contributed by atoms with E-state index in [4.69, 9.17) is 15.2 Å². The second-order valence-corrected chi connectivity index (χ2v) is 8.42. The maximum absolute atomic E-state index is 5.78. The average molecular weight is 427 g/mol. The van der Waals surface area contributed by atoms with E-state index in [1.165, 1.54) is 22.4 Å². The Morgan fingerprint density at radius 3 is 2.78 bits per heavy atom. The summed E-state index contributed by atoms with van der Waals surface area (Å²) in [5, 5.41) is 0. The normalized spacial score (nSPS) is 24.9. The molecule has 5 heteroatoms. The first-order valence-corrected chi connectivity index (χ1v) is 10.3. The molecule has 2 N–H and O–H groups in total. The van der Waals surface area contributed by atoms with Crippen LogP contribution < -0.4 is 20.1 Å². The van der Waals surface area contributed by atoms with Gasteiger partial charge in [0.05, 0.1) is 6.04 Å². The summed E-state index contributed by atoms with van der Waals surface area (Å²) < 4.78 is 12.3. The van der Waals surface area contributed by atoms with Gasteiger partial charge in [-0.15, -0.1) is 0 Å². The van der Waals surface area contributed by atoms with Crippen molar-refractivity contribution in [3.8, 4) is 11.5 Å². The van der Waals surface area contributed by atoms with Gasteiger partial charge in [0.2, 0.25) is 6.79 Å². The quantitative estimate of drug-likeness (QED) is 0.732. The summed E-state index contributed by atoms with van der Waals surface area (Å²) >= 11 is 3.79. The number of halogens is 1. The Kier molecular flexibility index (Phi) is 4.17. The third kappa shape index (κ3) is 2.67. The molecular formula is C22H23BrN2O2. The van der Waals surface area contributed by atoms with E-state index in [0.717, 1.165) is 28.8 Å². The Balaban J connectivity index is 1.61. The minimum absolute atomic E-state index is 0.279. The Bertz CT molecular complexity index is 927. The zero-order chi connectivity index (χ0) is 18.5. The van der Waals surface area contributed by atoms with Crippen LogP contribution >= 0.6 is 15.9 Å². The van der Waals surface area contributed by atoms with Gasteiger partial charge in [0.1, 0.15) is 0 Å². The molecule has 0 saturated carbocycles. The Labute approximate surface area is 168 Å². The molecule has 4 nitrogen and oxygen atoms in total. The number of hydrogen-bond acceptors (Lipinski definition) is 4. The topological polar surface area (TPSA) is 47.7 Å².